The third kappa shape index (κ3) is 3.68. The van der Waals surface area contributed by atoms with Crippen molar-refractivity contribution in [2.45, 2.75) is 12.5 Å². The molecule has 0 spiro atoms. The molecule has 0 saturated heterocycles. The molecular formula is C20H19NO5S. The summed E-state index contributed by atoms with van der Waals surface area (Å²) in [5.74, 6) is -0.368. The van der Waals surface area contributed by atoms with Gasteiger partial charge in [0.15, 0.2) is 11.5 Å². The number of hydrogen-bond donors (Lipinski definition) is 0. The summed E-state index contributed by atoms with van der Waals surface area (Å²) < 4.78 is 10.7. The molecule has 1 aliphatic heterocycles. The number of amides is 2. The number of thioether (sulfide) groups is 1. The second-order valence-corrected chi connectivity index (χ2v) is 6.88. The molecule has 0 bridgehead atoms. The van der Waals surface area contributed by atoms with Crippen molar-refractivity contribution in [3.8, 4) is 11.5 Å². The second kappa shape index (κ2) is 8.26. The highest BCUT2D eigenvalue weighted by molar-refractivity contribution is 7.98. The Morgan fingerprint density at radius 2 is 1.56 bits per heavy atom. The number of imide groups is 1. The van der Waals surface area contributed by atoms with E-state index in [1.54, 1.807) is 48.5 Å². The SMILES string of the molecule is COc1ccccc1OC(=O)[C@H](CCSC)N1C(=O)c2ccccc2C1=O. The van der Waals surface area contributed by atoms with Crippen LogP contribution in [0.25, 0.3) is 0 Å². The minimum atomic E-state index is -1.00. The van der Waals surface area contributed by atoms with Crippen LogP contribution in [0, 0.1) is 0 Å². The number of esters is 1. The Morgan fingerprint density at radius 1 is 1.00 bits per heavy atom. The van der Waals surface area contributed by atoms with Crippen molar-refractivity contribution in [2.24, 2.45) is 0 Å². The van der Waals surface area contributed by atoms with Crippen LogP contribution in [0.5, 0.6) is 11.5 Å². The number of carbonyl (C=O) groups is 3. The molecule has 0 aromatic heterocycles. The lowest BCUT2D eigenvalue weighted by molar-refractivity contribution is -0.139. The molecule has 0 fully saturated rings. The van der Waals surface area contributed by atoms with Crippen LogP contribution in [0.2, 0.25) is 0 Å². The van der Waals surface area contributed by atoms with Crippen molar-refractivity contribution in [2.75, 3.05) is 19.1 Å². The topological polar surface area (TPSA) is 72.9 Å². The van der Waals surface area contributed by atoms with Gasteiger partial charge in [0.05, 0.1) is 18.2 Å². The van der Waals surface area contributed by atoms with Crippen molar-refractivity contribution in [1.29, 1.82) is 0 Å². The number of fused-ring (bicyclic) bond motifs is 1. The molecule has 1 atom stereocenters. The molecule has 2 aromatic carbocycles. The molecule has 2 amide bonds. The highest BCUT2D eigenvalue weighted by atomic mass is 32.2. The van der Waals surface area contributed by atoms with E-state index in [-0.39, 0.29) is 5.75 Å². The van der Waals surface area contributed by atoms with Crippen molar-refractivity contribution < 1.29 is 23.9 Å². The molecule has 0 saturated carbocycles. The minimum Gasteiger partial charge on any atom is -0.493 e. The summed E-state index contributed by atoms with van der Waals surface area (Å²) in [5.41, 5.74) is 0.614. The fraction of sp³-hybridized carbons (Fsp3) is 0.250. The van der Waals surface area contributed by atoms with E-state index in [0.717, 1.165) is 4.90 Å². The zero-order chi connectivity index (χ0) is 19.4. The van der Waals surface area contributed by atoms with Crippen LogP contribution < -0.4 is 9.47 Å². The molecule has 0 radical (unpaired) electrons. The Bertz CT molecular complexity index is 847. The largest absolute Gasteiger partial charge is 0.493 e. The number of ether oxygens (including phenoxy) is 2. The number of hydrogen-bond acceptors (Lipinski definition) is 6. The summed E-state index contributed by atoms with van der Waals surface area (Å²) in [7, 11) is 1.47. The average Bonchev–Trinajstić information content (AvgIpc) is 2.94. The van der Waals surface area contributed by atoms with Gasteiger partial charge in [0.1, 0.15) is 6.04 Å². The molecular weight excluding hydrogens is 366 g/mol. The summed E-state index contributed by atoms with van der Waals surface area (Å²) in [6.07, 6.45) is 2.20. The molecule has 1 aliphatic rings. The van der Waals surface area contributed by atoms with E-state index in [9.17, 15) is 14.4 Å². The third-order valence-corrected chi connectivity index (χ3v) is 4.93. The van der Waals surface area contributed by atoms with E-state index in [1.807, 2.05) is 6.26 Å². The summed E-state index contributed by atoms with van der Waals surface area (Å²) in [6.45, 7) is 0. The van der Waals surface area contributed by atoms with Gasteiger partial charge in [-0.1, -0.05) is 24.3 Å². The second-order valence-electron chi connectivity index (χ2n) is 5.90. The van der Waals surface area contributed by atoms with Gasteiger partial charge >= 0.3 is 5.97 Å². The first-order valence-corrected chi connectivity index (χ1v) is 9.78. The molecule has 0 unspecified atom stereocenters. The highest BCUT2D eigenvalue weighted by Crippen LogP contribution is 2.29. The highest BCUT2D eigenvalue weighted by Gasteiger charge is 2.43. The maximum absolute atomic E-state index is 12.9. The molecule has 7 heteroatoms. The quantitative estimate of drug-likeness (QED) is 0.414. The number of methoxy groups -OCH3 is 1. The van der Waals surface area contributed by atoms with Crippen molar-refractivity contribution in [1.82, 2.24) is 4.90 Å². The maximum Gasteiger partial charge on any atom is 0.334 e. The molecule has 1 heterocycles. The molecule has 140 valence electrons. The van der Waals surface area contributed by atoms with Gasteiger partial charge in [-0.05, 0) is 42.7 Å². The van der Waals surface area contributed by atoms with E-state index in [4.69, 9.17) is 9.47 Å². The standard InChI is InChI=1S/C20H19NO5S/c1-25-16-9-5-6-10-17(16)26-20(24)15(11-12-27-2)21-18(22)13-7-3-4-8-14(13)19(21)23/h3-10,15H,11-12H2,1-2H3/t15-/m0/s1. The number of nitrogens with zero attached hydrogens (tertiary/aromatic N) is 1. The maximum atomic E-state index is 12.9. The fourth-order valence-corrected chi connectivity index (χ4v) is 3.41. The smallest absolute Gasteiger partial charge is 0.334 e. The van der Waals surface area contributed by atoms with Crippen LogP contribution in [0.1, 0.15) is 27.1 Å². The Hall–Kier alpha value is -2.80. The average molecular weight is 385 g/mol. The van der Waals surface area contributed by atoms with E-state index in [1.165, 1.54) is 18.9 Å². The van der Waals surface area contributed by atoms with Gasteiger partial charge in [-0.15, -0.1) is 0 Å². The van der Waals surface area contributed by atoms with Crippen LogP contribution in [-0.2, 0) is 4.79 Å². The summed E-state index contributed by atoms with van der Waals surface area (Å²) >= 11 is 1.52. The number of benzene rings is 2. The van der Waals surface area contributed by atoms with Crippen LogP contribution in [-0.4, -0.2) is 47.8 Å². The summed E-state index contributed by atoms with van der Waals surface area (Å²) in [5, 5.41) is 0. The zero-order valence-electron chi connectivity index (χ0n) is 15.0. The van der Waals surface area contributed by atoms with E-state index < -0.39 is 23.8 Å². The van der Waals surface area contributed by atoms with Crippen molar-refractivity contribution in [3.63, 3.8) is 0 Å². The predicted molar refractivity (Wildman–Crippen MR) is 102 cm³/mol. The van der Waals surface area contributed by atoms with Gasteiger partial charge in [0, 0.05) is 0 Å². The van der Waals surface area contributed by atoms with Gasteiger partial charge < -0.3 is 9.47 Å². The minimum absolute atomic E-state index is 0.246. The van der Waals surface area contributed by atoms with E-state index in [0.29, 0.717) is 29.1 Å². The lowest BCUT2D eigenvalue weighted by Crippen LogP contribution is -2.47. The van der Waals surface area contributed by atoms with Crippen LogP contribution in [0.3, 0.4) is 0 Å². The first kappa shape index (κ1) is 19.0. The van der Waals surface area contributed by atoms with Crippen LogP contribution in [0.4, 0.5) is 0 Å². The summed E-state index contributed by atoms with van der Waals surface area (Å²) in [4.78, 5) is 39.4. The Labute approximate surface area is 161 Å². The molecule has 0 N–H and O–H groups in total. The predicted octanol–water partition coefficient (Wildman–Crippen LogP) is 3.02. The van der Waals surface area contributed by atoms with E-state index in [2.05, 4.69) is 0 Å². The molecule has 0 aliphatic carbocycles. The monoisotopic (exact) mass is 385 g/mol. The summed E-state index contributed by atoms with van der Waals surface area (Å²) in [6, 6.07) is 12.3. The van der Waals surface area contributed by atoms with Gasteiger partial charge in [0.25, 0.3) is 11.8 Å². The first-order valence-electron chi connectivity index (χ1n) is 8.39. The third-order valence-electron chi connectivity index (χ3n) is 4.28. The Morgan fingerprint density at radius 3 is 2.11 bits per heavy atom. The number of para-hydroxylation sites is 2. The number of carbonyl (C=O) groups excluding carboxylic acids is 3. The lowest BCUT2D eigenvalue weighted by Gasteiger charge is -2.24. The van der Waals surface area contributed by atoms with Crippen LogP contribution in [0.15, 0.2) is 48.5 Å². The number of rotatable bonds is 7. The van der Waals surface area contributed by atoms with Crippen LogP contribution >= 0.6 is 11.8 Å². The van der Waals surface area contributed by atoms with Crippen molar-refractivity contribution in [3.05, 3.63) is 59.7 Å². The van der Waals surface area contributed by atoms with Gasteiger partial charge in [-0.25, -0.2) is 4.79 Å². The molecule has 3 rings (SSSR count). The van der Waals surface area contributed by atoms with Gasteiger partial charge in [0.2, 0.25) is 0 Å². The first-order chi connectivity index (χ1) is 13.1. The Kier molecular flexibility index (Phi) is 5.81. The molecule has 6 nitrogen and oxygen atoms in total. The van der Waals surface area contributed by atoms with Gasteiger partial charge in [-0.2, -0.15) is 11.8 Å². The lowest BCUT2D eigenvalue weighted by atomic mass is 10.1. The zero-order valence-corrected chi connectivity index (χ0v) is 15.8. The van der Waals surface area contributed by atoms with Gasteiger partial charge in [-0.3, -0.25) is 14.5 Å². The fourth-order valence-electron chi connectivity index (χ4n) is 2.95. The Balaban J connectivity index is 1.89. The molecule has 27 heavy (non-hydrogen) atoms. The molecule has 2 aromatic rings. The van der Waals surface area contributed by atoms with Crippen molar-refractivity contribution >= 4 is 29.5 Å². The van der Waals surface area contributed by atoms with E-state index >= 15 is 0 Å². The normalized spacial score (nSPS) is 14.1.